The van der Waals surface area contributed by atoms with Crippen LogP contribution in [-0.4, -0.2) is 24.1 Å². The van der Waals surface area contributed by atoms with Crippen molar-refractivity contribution in [2.75, 3.05) is 0 Å². The van der Waals surface area contributed by atoms with Gasteiger partial charge in [0.15, 0.2) is 0 Å². The number of nitrogens with zero attached hydrogens (tertiary/aromatic N) is 3. The van der Waals surface area contributed by atoms with E-state index in [4.69, 9.17) is 11.5 Å². The second-order valence-electron chi connectivity index (χ2n) is 5.84. The first kappa shape index (κ1) is 17.7. The van der Waals surface area contributed by atoms with Gasteiger partial charge in [0.1, 0.15) is 0 Å². The second kappa shape index (κ2) is 6.64. The minimum Gasteiger partial charge on any atom is -0.369 e. The molecule has 26 heavy (non-hydrogen) atoms. The molecule has 0 atom stereocenters. The Labute approximate surface area is 151 Å². The molecular formula is C18H19N5O2S. The predicted octanol–water partition coefficient (Wildman–Crippen LogP) is 2.18. The SMILES string of the molecule is C/C(=N\N=C(N)N)c1cn(S(=O)(=O)c2ccccc2)c2cccc(C)c12. The number of nitrogens with two attached hydrogens (primary N) is 2. The van der Waals surface area contributed by atoms with Gasteiger partial charge >= 0.3 is 0 Å². The molecule has 0 saturated heterocycles. The molecular weight excluding hydrogens is 350 g/mol. The van der Waals surface area contributed by atoms with Crippen molar-refractivity contribution in [1.82, 2.24) is 3.97 Å². The van der Waals surface area contributed by atoms with Crippen molar-refractivity contribution in [1.29, 1.82) is 0 Å². The van der Waals surface area contributed by atoms with E-state index < -0.39 is 10.0 Å². The van der Waals surface area contributed by atoms with Gasteiger partial charge in [-0.15, -0.1) is 5.10 Å². The molecule has 7 nitrogen and oxygen atoms in total. The summed E-state index contributed by atoms with van der Waals surface area (Å²) in [6, 6.07) is 13.8. The summed E-state index contributed by atoms with van der Waals surface area (Å²) in [5.74, 6) is -0.165. The second-order valence-corrected chi connectivity index (χ2v) is 7.65. The fourth-order valence-electron chi connectivity index (χ4n) is 2.80. The quantitative estimate of drug-likeness (QED) is 0.416. The molecule has 0 spiro atoms. The van der Waals surface area contributed by atoms with Crippen LogP contribution >= 0.6 is 0 Å². The lowest BCUT2D eigenvalue weighted by Crippen LogP contribution is -2.22. The van der Waals surface area contributed by atoms with Crippen molar-refractivity contribution >= 4 is 32.6 Å². The monoisotopic (exact) mass is 369 g/mol. The Morgan fingerprint density at radius 1 is 1.00 bits per heavy atom. The van der Waals surface area contributed by atoms with Crippen LogP contribution in [0.15, 0.2) is 69.8 Å². The summed E-state index contributed by atoms with van der Waals surface area (Å²) in [5, 5.41) is 8.46. The lowest BCUT2D eigenvalue weighted by atomic mass is 10.1. The Balaban J connectivity index is 2.31. The number of fused-ring (bicyclic) bond motifs is 1. The number of aromatic nitrogens is 1. The van der Waals surface area contributed by atoms with Gasteiger partial charge in [-0.25, -0.2) is 12.4 Å². The summed E-state index contributed by atoms with van der Waals surface area (Å²) in [6.07, 6.45) is 1.56. The third kappa shape index (κ3) is 3.06. The molecule has 0 saturated carbocycles. The fraction of sp³-hybridized carbons (Fsp3) is 0.111. The van der Waals surface area contributed by atoms with Gasteiger partial charge in [0.2, 0.25) is 5.96 Å². The van der Waals surface area contributed by atoms with Crippen molar-refractivity contribution in [3.05, 3.63) is 65.9 Å². The van der Waals surface area contributed by atoms with E-state index >= 15 is 0 Å². The summed E-state index contributed by atoms with van der Waals surface area (Å²) >= 11 is 0. The van der Waals surface area contributed by atoms with E-state index in [0.29, 0.717) is 16.8 Å². The number of hydrogen-bond acceptors (Lipinski definition) is 4. The number of aryl methyl sites for hydroxylation is 1. The van der Waals surface area contributed by atoms with Gasteiger partial charge in [0.25, 0.3) is 10.0 Å². The van der Waals surface area contributed by atoms with Crippen LogP contribution in [0.2, 0.25) is 0 Å². The molecule has 0 aliphatic carbocycles. The first-order chi connectivity index (χ1) is 12.3. The fourth-order valence-corrected chi connectivity index (χ4v) is 4.19. The zero-order chi connectivity index (χ0) is 18.9. The highest BCUT2D eigenvalue weighted by atomic mass is 32.2. The molecule has 0 aliphatic heterocycles. The van der Waals surface area contributed by atoms with Gasteiger partial charge in [-0.2, -0.15) is 5.10 Å². The zero-order valence-electron chi connectivity index (χ0n) is 14.4. The summed E-state index contributed by atoms with van der Waals surface area (Å²) in [6.45, 7) is 3.65. The van der Waals surface area contributed by atoms with Crippen LogP contribution in [-0.2, 0) is 10.0 Å². The van der Waals surface area contributed by atoms with Crippen LogP contribution in [0.3, 0.4) is 0 Å². The summed E-state index contributed by atoms with van der Waals surface area (Å²) in [4.78, 5) is 0.212. The number of benzene rings is 2. The third-order valence-electron chi connectivity index (χ3n) is 4.01. The first-order valence-corrected chi connectivity index (χ1v) is 9.31. The molecule has 0 radical (unpaired) electrons. The lowest BCUT2D eigenvalue weighted by Gasteiger charge is -2.07. The molecule has 0 fully saturated rings. The highest BCUT2D eigenvalue weighted by Gasteiger charge is 2.22. The van der Waals surface area contributed by atoms with Crippen molar-refractivity contribution in [3.63, 3.8) is 0 Å². The van der Waals surface area contributed by atoms with E-state index in [9.17, 15) is 8.42 Å². The molecule has 1 heterocycles. The van der Waals surface area contributed by atoms with Crippen LogP contribution in [0.1, 0.15) is 18.1 Å². The Kier molecular flexibility index (Phi) is 4.52. The molecule has 0 unspecified atom stereocenters. The molecule has 8 heteroatoms. The lowest BCUT2D eigenvalue weighted by molar-refractivity contribution is 0.589. The van der Waals surface area contributed by atoms with Gasteiger partial charge in [-0.1, -0.05) is 30.3 Å². The Hall–Kier alpha value is -3.13. The molecule has 3 aromatic rings. The van der Waals surface area contributed by atoms with E-state index in [0.717, 1.165) is 10.9 Å². The van der Waals surface area contributed by atoms with Gasteiger partial charge in [0, 0.05) is 17.1 Å². The van der Waals surface area contributed by atoms with Crippen molar-refractivity contribution in [3.8, 4) is 0 Å². The van der Waals surface area contributed by atoms with E-state index in [1.807, 2.05) is 19.1 Å². The molecule has 1 aromatic heterocycles. The Morgan fingerprint density at radius 3 is 2.35 bits per heavy atom. The molecule has 2 aromatic carbocycles. The minimum absolute atomic E-state index is 0.165. The summed E-state index contributed by atoms with van der Waals surface area (Å²) in [5.41, 5.74) is 13.3. The predicted molar refractivity (Wildman–Crippen MR) is 104 cm³/mol. The molecule has 4 N–H and O–H groups in total. The van der Waals surface area contributed by atoms with E-state index in [2.05, 4.69) is 10.2 Å². The average Bonchev–Trinajstić information content (AvgIpc) is 3.02. The summed E-state index contributed by atoms with van der Waals surface area (Å²) < 4.78 is 27.5. The Morgan fingerprint density at radius 2 is 1.69 bits per heavy atom. The van der Waals surface area contributed by atoms with Gasteiger partial charge < -0.3 is 11.5 Å². The number of guanidine groups is 1. The standard InChI is InChI=1S/C18H19N5O2S/c1-12-7-6-10-16-17(12)15(13(2)21-22-18(19)20)11-23(16)26(24,25)14-8-4-3-5-9-14/h3-11H,1-2H3,(H4,19,20,22)/b21-13+. The molecule has 0 amide bonds. The minimum atomic E-state index is -3.75. The normalized spacial score (nSPS) is 12.3. The van der Waals surface area contributed by atoms with E-state index in [1.165, 1.54) is 3.97 Å². The zero-order valence-corrected chi connectivity index (χ0v) is 15.2. The smallest absolute Gasteiger partial charge is 0.268 e. The van der Waals surface area contributed by atoms with Gasteiger partial charge in [-0.3, -0.25) is 0 Å². The van der Waals surface area contributed by atoms with Crippen LogP contribution in [0.25, 0.3) is 10.9 Å². The first-order valence-electron chi connectivity index (χ1n) is 7.87. The third-order valence-corrected chi connectivity index (χ3v) is 5.70. The average molecular weight is 369 g/mol. The van der Waals surface area contributed by atoms with E-state index in [-0.39, 0.29) is 10.9 Å². The molecule has 134 valence electrons. The molecule has 0 bridgehead atoms. The number of hydrogen-bond donors (Lipinski definition) is 2. The van der Waals surface area contributed by atoms with Gasteiger partial charge in [0.05, 0.1) is 16.1 Å². The van der Waals surface area contributed by atoms with Crippen molar-refractivity contribution < 1.29 is 8.42 Å². The van der Waals surface area contributed by atoms with Crippen molar-refractivity contribution in [2.45, 2.75) is 18.7 Å². The van der Waals surface area contributed by atoms with Gasteiger partial charge in [-0.05, 0) is 37.6 Å². The number of rotatable bonds is 4. The molecule has 0 aliphatic rings. The Bertz CT molecular complexity index is 1130. The van der Waals surface area contributed by atoms with Crippen LogP contribution < -0.4 is 11.5 Å². The maximum absolute atomic E-state index is 13.1. The highest BCUT2D eigenvalue weighted by Crippen LogP contribution is 2.29. The topological polar surface area (TPSA) is 116 Å². The maximum atomic E-state index is 13.1. The van der Waals surface area contributed by atoms with E-state index in [1.54, 1.807) is 49.5 Å². The largest absolute Gasteiger partial charge is 0.369 e. The molecule has 3 rings (SSSR count). The highest BCUT2D eigenvalue weighted by molar-refractivity contribution is 7.90. The van der Waals surface area contributed by atoms with Crippen LogP contribution in [0, 0.1) is 6.92 Å². The maximum Gasteiger partial charge on any atom is 0.268 e. The van der Waals surface area contributed by atoms with Crippen molar-refractivity contribution in [2.24, 2.45) is 21.7 Å². The van der Waals surface area contributed by atoms with Crippen LogP contribution in [0.5, 0.6) is 0 Å². The van der Waals surface area contributed by atoms with Crippen LogP contribution in [0.4, 0.5) is 0 Å². The summed E-state index contributed by atoms with van der Waals surface area (Å²) in [7, 11) is -3.75.